The van der Waals surface area contributed by atoms with Gasteiger partial charge in [0.05, 0.1) is 0 Å². The van der Waals surface area contributed by atoms with E-state index < -0.39 is 11.9 Å². The summed E-state index contributed by atoms with van der Waals surface area (Å²) in [5.41, 5.74) is 0.143. The zero-order chi connectivity index (χ0) is 10.6. The summed E-state index contributed by atoms with van der Waals surface area (Å²) in [7, 11) is 0. The number of carboxylic acids is 1. The molecule has 0 unspecified atom stereocenters. The topological polar surface area (TPSA) is 63.6 Å². The maximum absolute atomic E-state index is 11.3. The van der Waals surface area contributed by atoms with Crippen molar-refractivity contribution in [2.45, 2.75) is 38.7 Å². The van der Waals surface area contributed by atoms with Crippen molar-refractivity contribution in [2.24, 2.45) is 0 Å². The molecule has 0 spiro atoms. The van der Waals surface area contributed by atoms with E-state index in [9.17, 15) is 9.59 Å². The highest BCUT2D eigenvalue weighted by atomic mass is 16.5. The van der Waals surface area contributed by atoms with Crippen LogP contribution in [0.1, 0.15) is 32.6 Å². The molecule has 0 radical (unpaired) electrons. The zero-order valence-electron chi connectivity index (χ0n) is 8.16. The molecule has 0 saturated heterocycles. The van der Waals surface area contributed by atoms with Crippen molar-refractivity contribution in [2.75, 3.05) is 0 Å². The molecule has 0 aliphatic heterocycles. The summed E-state index contributed by atoms with van der Waals surface area (Å²) in [6.07, 6.45) is 4.81. The first-order valence-electron chi connectivity index (χ1n) is 4.72. The third-order valence-corrected chi connectivity index (χ3v) is 2.24. The zero-order valence-corrected chi connectivity index (χ0v) is 8.16. The van der Waals surface area contributed by atoms with E-state index in [-0.39, 0.29) is 11.7 Å². The lowest BCUT2D eigenvalue weighted by atomic mass is 10.2. The van der Waals surface area contributed by atoms with E-state index in [1.165, 1.54) is 6.92 Å². The van der Waals surface area contributed by atoms with E-state index in [1.807, 2.05) is 0 Å². The van der Waals surface area contributed by atoms with Crippen LogP contribution in [0.25, 0.3) is 0 Å². The lowest BCUT2D eigenvalue weighted by molar-refractivity contribution is -0.144. The largest absolute Gasteiger partial charge is 0.478 e. The van der Waals surface area contributed by atoms with Gasteiger partial charge in [0.15, 0.2) is 0 Å². The van der Waals surface area contributed by atoms with E-state index in [1.54, 1.807) is 0 Å². The fourth-order valence-electron chi connectivity index (χ4n) is 1.49. The van der Waals surface area contributed by atoms with Crippen LogP contribution in [0.5, 0.6) is 0 Å². The maximum Gasteiger partial charge on any atom is 0.334 e. The molecule has 0 aromatic rings. The van der Waals surface area contributed by atoms with Crippen molar-refractivity contribution in [1.82, 2.24) is 0 Å². The first kappa shape index (κ1) is 10.8. The highest BCUT2D eigenvalue weighted by Gasteiger charge is 2.20. The Balaban J connectivity index is 2.44. The molecule has 0 aromatic carbocycles. The molecule has 1 fully saturated rings. The molecule has 0 aromatic heterocycles. The van der Waals surface area contributed by atoms with E-state index in [2.05, 4.69) is 0 Å². The molecule has 1 rings (SSSR count). The smallest absolute Gasteiger partial charge is 0.334 e. The Morgan fingerprint density at radius 2 is 1.93 bits per heavy atom. The Bertz CT molecular complexity index is 261. The molecule has 1 aliphatic rings. The molecule has 1 saturated carbocycles. The van der Waals surface area contributed by atoms with Gasteiger partial charge in [-0.15, -0.1) is 0 Å². The molecular formula is C10H14O4. The summed E-state index contributed by atoms with van der Waals surface area (Å²) in [5.74, 6) is -1.63. The molecule has 4 nitrogen and oxygen atoms in total. The van der Waals surface area contributed by atoms with Gasteiger partial charge in [-0.2, -0.15) is 0 Å². The van der Waals surface area contributed by atoms with Crippen molar-refractivity contribution in [1.29, 1.82) is 0 Å². The number of ether oxygens (including phenoxy) is 1. The van der Waals surface area contributed by atoms with Gasteiger partial charge >= 0.3 is 11.9 Å². The molecule has 1 aliphatic carbocycles. The number of aliphatic carboxylic acids is 1. The molecule has 78 valence electrons. The van der Waals surface area contributed by atoms with Gasteiger partial charge in [-0.3, -0.25) is 0 Å². The normalized spacial score (nSPS) is 18.2. The van der Waals surface area contributed by atoms with Gasteiger partial charge in [0.2, 0.25) is 0 Å². The highest BCUT2D eigenvalue weighted by Crippen LogP contribution is 2.21. The molecule has 14 heavy (non-hydrogen) atoms. The summed E-state index contributed by atoms with van der Waals surface area (Å²) in [6, 6.07) is 0. The number of carbonyl (C=O) groups excluding carboxylic acids is 1. The van der Waals surface area contributed by atoms with Crippen molar-refractivity contribution < 1.29 is 19.4 Å². The van der Waals surface area contributed by atoms with E-state index >= 15 is 0 Å². The molecule has 0 heterocycles. The first-order valence-corrected chi connectivity index (χ1v) is 4.72. The summed E-state index contributed by atoms with van der Waals surface area (Å²) in [4.78, 5) is 21.5. The number of hydrogen-bond acceptors (Lipinski definition) is 3. The van der Waals surface area contributed by atoms with Gasteiger partial charge in [0, 0.05) is 11.6 Å². The van der Waals surface area contributed by atoms with Crippen molar-refractivity contribution >= 4 is 11.9 Å². The number of esters is 1. The number of hydrogen-bond donors (Lipinski definition) is 1. The Kier molecular flexibility index (Phi) is 3.68. The van der Waals surface area contributed by atoms with Crippen molar-refractivity contribution in [3.63, 3.8) is 0 Å². The Labute approximate surface area is 82.6 Å². The second kappa shape index (κ2) is 4.79. The first-order chi connectivity index (χ1) is 6.59. The molecule has 0 amide bonds. The van der Waals surface area contributed by atoms with Gasteiger partial charge in [0.1, 0.15) is 6.10 Å². The fraction of sp³-hybridized carbons (Fsp3) is 0.600. The van der Waals surface area contributed by atoms with Crippen LogP contribution in [-0.2, 0) is 14.3 Å². The minimum atomic E-state index is -1.12. The Morgan fingerprint density at radius 1 is 1.36 bits per heavy atom. The van der Waals surface area contributed by atoms with Gasteiger partial charge < -0.3 is 9.84 Å². The molecule has 4 heteroatoms. The second-order valence-corrected chi connectivity index (χ2v) is 3.48. The fourth-order valence-corrected chi connectivity index (χ4v) is 1.49. The SMILES string of the molecule is CC(=CC(=O)O)C(=O)OC1CCCC1. The summed E-state index contributed by atoms with van der Waals surface area (Å²) in [5, 5.41) is 8.41. The third kappa shape index (κ3) is 3.20. The quantitative estimate of drug-likeness (QED) is 0.551. The molecule has 1 N–H and O–H groups in total. The third-order valence-electron chi connectivity index (χ3n) is 2.24. The van der Waals surface area contributed by atoms with Crippen LogP contribution in [0.15, 0.2) is 11.6 Å². The average Bonchev–Trinajstić information content (AvgIpc) is 2.55. The molecular weight excluding hydrogens is 184 g/mol. The van der Waals surface area contributed by atoms with Crippen LogP contribution in [0.4, 0.5) is 0 Å². The van der Waals surface area contributed by atoms with Gasteiger partial charge in [-0.25, -0.2) is 9.59 Å². The van der Waals surface area contributed by atoms with E-state index in [0.717, 1.165) is 31.8 Å². The predicted octanol–water partition coefficient (Wildman–Crippen LogP) is 1.50. The number of carboxylic acid groups (broad SMARTS) is 1. The van der Waals surface area contributed by atoms with Crippen LogP contribution in [0.2, 0.25) is 0 Å². The minimum absolute atomic E-state index is 0.0142. The standard InChI is InChI=1S/C10H14O4/c1-7(6-9(11)12)10(13)14-8-4-2-3-5-8/h6,8H,2-5H2,1H3,(H,11,12). The molecule has 0 bridgehead atoms. The van der Waals surface area contributed by atoms with Crippen LogP contribution in [0.3, 0.4) is 0 Å². The lowest BCUT2D eigenvalue weighted by Crippen LogP contribution is -2.15. The number of rotatable bonds is 3. The Morgan fingerprint density at radius 3 is 2.43 bits per heavy atom. The second-order valence-electron chi connectivity index (χ2n) is 3.48. The lowest BCUT2D eigenvalue weighted by Gasteiger charge is -2.10. The summed E-state index contributed by atoms with van der Waals surface area (Å²) < 4.78 is 5.10. The predicted molar refractivity (Wildman–Crippen MR) is 49.7 cm³/mol. The Hall–Kier alpha value is -1.32. The maximum atomic E-state index is 11.3. The monoisotopic (exact) mass is 198 g/mol. The summed E-state index contributed by atoms with van der Waals surface area (Å²) in [6.45, 7) is 1.45. The van der Waals surface area contributed by atoms with E-state index in [4.69, 9.17) is 9.84 Å². The number of carbonyl (C=O) groups is 2. The van der Waals surface area contributed by atoms with Crippen molar-refractivity contribution in [3.05, 3.63) is 11.6 Å². The summed E-state index contributed by atoms with van der Waals surface area (Å²) >= 11 is 0. The van der Waals surface area contributed by atoms with E-state index in [0.29, 0.717) is 0 Å². The van der Waals surface area contributed by atoms with Crippen LogP contribution in [0, 0.1) is 0 Å². The van der Waals surface area contributed by atoms with Crippen LogP contribution >= 0.6 is 0 Å². The highest BCUT2D eigenvalue weighted by molar-refractivity contribution is 5.95. The van der Waals surface area contributed by atoms with Gasteiger partial charge in [-0.05, 0) is 32.6 Å². The van der Waals surface area contributed by atoms with Gasteiger partial charge in [-0.1, -0.05) is 0 Å². The van der Waals surface area contributed by atoms with Gasteiger partial charge in [0.25, 0.3) is 0 Å². The van der Waals surface area contributed by atoms with Crippen LogP contribution in [-0.4, -0.2) is 23.1 Å². The molecule has 0 atom stereocenters. The van der Waals surface area contributed by atoms with Crippen LogP contribution < -0.4 is 0 Å². The minimum Gasteiger partial charge on any atom is -0.478 e. The average molecular weight is 198 g/mol. The van der Waals surface area contributed by atoms with Crippen molar-refractivity contribution in [3.8, 4) is 0 Å².